The summed E-state index contributed by atoms with van der Waals surface area (Å²) in [5, 5.41) is 9.68. The number of ether oxygens (including phenoxy) is 2. The van der Waals surface area contributed by atoms with E-state index in [1.807, 2.05) is 0 Å². The zero-order valence-corrected chi connectivity index (χ0v) is 11.2. The third kappa shape index (κ3) is 10.4. The third-order valence-corrected chi connectivity index (χ3v) is 2.18. The Morgan fingerprint density at radius 3 is 1.15 bits per heavy atom. The molecular weight excluding hydrogens is 276 g/mol. The first-order valence-corrected chi connectivity index (χ1v) is 5.85. The summed E-state index contributed by atoms with van der Waals surface area (Å²) >= 11 is 0. The van der Waals surface area contributed by atoms with E-state index in [-0.39, 0.29) is 39.6 Å². The van der Waals surface area contributed by atoms with E-state index in [2.05, 4.69) is 19.4 Å². The lowest BCUT2D eigenvalue weighted by molar-refractivity contribution is -0.116. The lowest BCUT2D eigenvalue weighted by atomic mass is 10.3. The van der Waals surface area contributed by atoms with Gasteiger partial charge in [0.25, 0.3) is 0 Å². The van der Waals surface area contributed by atoms with Gasteiger partial charge in [-0.2, -0.15) is 0 Å². The highest BCUT2D eigenvalue weighted by Gasteiger charge is 2.16. The number of aliphatic hydroxyl groups excluding tert-OH is 1. The Morgan fingerprint density at radius 1 is 0.600 bits per heavy atom. The van der Waals surface area contributed by atoms with Crippen LogP contribution in [-0.4, -0.2) is 63.1 Å². The molecule has 0 amide bonds. The van der Waals surface area contributed by atoms with Crippen LogP contribution in [0.5, 0.6) is 0 Å². The second-order valence-corrected chi connectivity index (χ2v) is 3.90. The molecule has 122 valence electrons. The molecule has 0 aromatic carbocycles. The van der Waals surface area contributed by atoms with Gasteiger partial charge in [0.05, 0.1) is 39.6 Å². The van der Waals surface area contributed by atoms with E-state index >= 15 is 0 Å². The number of rotatable bonds is 14. The van der Waals surface area contributed by atoms with Crippen LogP contribution < -0.4 is 23.6 Å². The Labute approximate surface area is 116 Å². The van der Waals surface area contributed by atoms with Crippen molar-refractivity contribution in [3.05, 3.63) is 0 Å². The normalized spacial score (nSPS) is 12.0. The highest BCUT2D eigenvalue weighted by molar-refractivity contribution is 4.61. The number of nitrogens with two attached hydrogens (primary N) is 4. The van der Waals surface area contributed by atoms with E-state index in [9.17, 15) is 5.11 Å². The van der Waals surface area contributed by atoms with Crippen LogP contribution in [0, 0.1) is 0 Å². The Bertz CT molecular complexity index is 183. The van der Waals surface area contributed by atoms with Gasteiger partial charge in [-0.1, -0.05) is 0 Å². The van der Waals surface area contributed by atoms with Gasteiger partial charge in [0.1, 0.15) is 18.3 Å². The van der Waals surface area contributed by atoms with Crippen molar-refractivity contribution < 1.29 is 33.9 Å². The molecule has 20 heavy (non-hydrogen) atoms. The Kier molecular flexibility index (Phi) is 13.2. The minimum absolute atomic E-state index is 0.0168. The van der Waals surface area contributed by atoms with Gasteiger partial charge < -0.3 is 33.9 Å². The van der Waals surface area contributed by atoms with Gasteiger partial charge in [0, 0.05) is 0 Å². The van der Waals surface area contributed by atoms with Gasteiger partial charge >= 0.3 is 0 Å². The van der Waals surface area contributed by atoms with Crippen LogP contribution in [0.3, 0.4) is 0 Å². The fourth-order valence-electron chi connectivity index (χ4n) is 1.26. The molecule has 0 aromatic heterocycles. The Morgan fingerprint density at radius 2 is 0.900 bits per heavy atom. The SMILES string of the molecule is NOCC(CON)OCC(O)COC(CON)CON. The summed E-state index contributed by atoms with van der Waals surface area (Å²) in [6.07, 6.45) is -1.86. The van der Waals surface area contributed by atoms with Crippen LogP contribution in [0.1, 0.15) is 0 Å². The summed E-state index contributed by atoms with van der Waals surface area (Å²) in [5.74, 6) is 19.7. The lowest BCUT2D eigenvalue weighted by Gasteiger charge is -2.20. The predicted molar refractivity (Wildman–Crippen MR) is 66.0 cm³/mol. The van der Waals surface area contributed by atoms with Gasteiger partial charge in [-0.25, -0.2) is 23.6 Å². The maximum Gasteiger partial charge on any atom is 0.108 e. The summed E-state index contributed by atoms with van der Waals surface area (Å²) in [6, 6.07) is 0. The molecule has 0 saturated heterocycles. The van der Waals surface area contributed by atoms with E-state index in [0.29, 0.717) is 0 Å². The van der Waals surface area contributed by atoms with Crippen LogP contribution >= 0.6 is 0 Å². The molecule has 0 aliphatic carbocycles. The fraction of sp³-hybridized carbons (Fsp3) is 1.00. The van der Waals surface area contributed by atoms with Crippen molar-refractivity contribution in [1.82, 2.24) is 0 Å². The molecule has 0 aromatic rings. The maximum absolute atomic E-state index is 9.68. The van der Waals surface area contributed by atoms with E-state index in [0.717, 1.165) is 0 Å². The standard InChI is InChI=1S/C9H24N4O7/c10-17-3-8(4-18-11)15-1-7(14)2-16-9(5-19-12)6-20-13/h7-9,14H,1-6,10-13H2. The van der Waals surface area contributed by atoms with Crippen molar-refractivity contribution >= 4 is 0 Å². The molecule has 0 atom stereocenters. The highest BCUT2D eigenvalue weighted by atomic mass is 16.7. The first-order chi connectivity index (χ1) is 9.67. The van der Waals surface area contributed by atoms with Crippen LogP contribution in [0.25, 0.3) is 0 Å². The Hall–Kier alpha value is -0.440. The first kappa shape index (κ1) is 19.6. The van der Waals surface area contributed by atoms with E-state index < -0.39 is 18.3 Å². The second-order valence-electron chi connectivity index (χ2n) is 3.90. The van der Waals surface area contributed by atoms with Crippen LogP contribution in [0.2, 0.25) is 0 Å². The first-order valence-electron chi connectivity index (χ1n) is 5.85. The van der Waals surface area contributed by atoms with E-state index in [4.69, 9.17) is 33.1 Å². The quantitative estimate of drug-likeness (QED) is 0.202. The van der Waals surface area contributed by atoms with Crippen molar-refractivity contribution in [3.8, 4) is 0 Å². The molecule has 9 N–H and O–H groups in total. The van der Waals surface area contributed by atoms with E-state index in [1.165, 1.54) is 0 Å². The van der Waals surface area contributed by atoms with Crippen LogP contribution in [-0.2, 0) is 28.8 Å². The second kappa shape index (κ2) is 13.5. The van der Waals surface area contributed by atoms with Gasteiger partial charge in [0.2, 0.25) is 0 Å². The monoisotopic (exact) mass is 300 g/mol. The summed E-state index contributed by atoms with van der Waals surface area (Å²) in [4.78, 5) is 17.7. The van der Waals surface area contributed by atoms with Crippen LogP contribution in [0.4, 0.5) is 0 Å². The summed E-state index contributed by atoms with van der Waals surface area (Å²) in [7, 11) is 0. The van der Waals surface area contributed by atoms with Crippen LogP contribution in [0.15, 0.2) is 0 Å². The van der Waals surface area contributed by atoms with Gasteiger partial charge in [-0.15, -0.1) is 0 Å². The lowest BCUT2D eigenvalue weighted by Crippen LogP contribution is -2.35. The largest absolute Gasteiger partial charge is 0.388 e. The average molecular weight is 300 g/mol. The molecule has 0 spiro atoms. The molecule has 0 aliphatic heterocycles. The van der Waals surface area contributed by atoms with Crippen molar-refractivity contribution in [3.63, 3.8) is 0 Å². The minimum atomic E-state index is -0.883. The molecule has 0 unspecified atom stereocenters. The Balaban J connectivity index is 3.86. The summed E-state index contributed by atoms with van der Waals surface area (Å²) in [5.41, 5.74) is 0. The summed E-state index contributed by atoms with van der Waals surface area (Å²) < 4.78 is 10.6. The zero-order chi connectivity index (χ0) is 15.2. The smallest absolute Gasteiger partial charge is 0.108 e. The third-order valence-electron chi connectivity index (χ3n) is 2.18. The van der Waals surface area contributed by atoms with Gasteiger partial charge in [-0.05, 0) is 0 Å². The predicted octanol–water partition coefficient (Wildman–Crippen LogP) is -3.32. The average Bonchev–Trinajstić information content (AvgIpc) is 2.43. The molecule has 0 heterocycles. The maximum atomic E-state index is 9.68. The fourth-order valence-corrected chi connectivity index (χ4v) is 1.26. The molecule has 0 aliphatic rings. The van der Waals surface area contributed by atoms with Crippen molar-refractivity contribution in [2.24, 2.45) is 23.6 Å². The molecular formula is C9H24N4O7. The molecule has 0 radical (unpaired) electrons. The molecule has 0 rings (SSSR count). The molecule has 0 bridgehead atoms. The van der Waals surface area contributed by atoms with Gasteiger partial charge in [0.15, 0.2) is 0 Å². The van der Waals surface area contributed by atoms with Crippen molar-refractivity contribution in [2.75, 3.05) is 39.6 Å². The number of hydrogen-bond donors (Lipinski definition) is 5. The molecule has 0 fully saturated rings. The zero-order valence-electron chi connectivity index (χ0n) is 11.2. The van der Waals surface area contributed by atoms with E-state index in [1.54, 1.807) is 0 Å². The number of aliphatic hydroxyl groups is 1. The highest BCUT2D eigenvalue weighted by Crippen LogP contribution is 1.99. The number of hydrogen-bond acceptors (Lipinski definition) is 11. The van der Waals surface area contributed by atoms with Crippen molar-refractivity contribution in [2.45, 2.75) is 18.3 Å². The molecule has 0 saturated carbocycles. The molecule has 11 heteroatoms. The van der Waals surface area contributed by atoms with Gasteiger partial charge in [-0.3, -0.25) is 0 Å². The summed E-state index contributed by atoms with van der Waals surface area (Å²) in [6.45, 7) is 0.282. The van der Waals surface area contributed by atoms with Crippen molar-refractivity contribution in [1.29, 1.82) is 0 Å². The minimum Gasteiger partial charge on any atom is -0.388 e. The topological polar surface area (TPSA) is 180 Å². The molecule has 11 nitrogen and oxygen atoms in total.